The Morgan fingerprint density at radius 3 is 2.67 bits per heavy atom. The molecule has 0 aromatic carbocycles. The number of carbonyl (C=O) groups is 1. The van der Waals surface area contributed by atoms with Gasteiger partial charge in [0.2, 0.25) is 0 Å². The molecule has 0 spiro atoms. The average molecular weight is 241 g/mol. The van der Waals surface area contributed by atoms with Gasteiger partial charge in [0.25, 0.3) is 5.91 Å². The van der Waals surface area contributed by atoms with E-state index in [0.29, 0.717) is 11.5 Å². The van der Waals surface area contributed by atoms with Gasteiger partial charge in [-0.1, -0.05) is 19.1 Å². The maximum Gasteiger partial charge on any atom is 0.275 e. The minimum atomic E-state index is -0.237. The molecule has 1 N–H and O–H groups in total. The molecule has 0 radical (unpaired) electrons. The summed E-state index contributed by atoms with van der Waals surface area (Å²) in [6.45, 7) is 3.88. The Kier molecular flexibility index (Phi) is 3.67. The quantitative estimate of drug-likeness (QED) is 0.898. The highest BCUT2D eigenvalue weighted by Gasteiger charge is 2.08. The lowest BCUT2D eigenvalue weighted by molar-refractivity contribution is 0.102. The SMILES string of the molecule is CCc1cccc(NC(=O)c2cccc(C)n2)n1. The van der Waals surface area contributed by atoms with Crippen LogP contribution >= 0.6 is 0 Å². The second-order valence-corrected chi connectivity index (χ2v) is 3.99. The van der Waals surface area contributed by atoms with Crippen molar-refractivity contribution in [3.8, 4) is 0 Å². The molecule has 0 aliphatic rings. The predicted molar refractivity (Wildman–Crippen MR) is 70.5 cm³/mol. The fraction of sp³-hybridized carbons (Fsp3) is 0.214. The monoisotopic (exact) mass is 241 g/mol. The van der Waals surface area contributed by atoms with Gasteiger partial charge in [0.1, 0.15) is 11.5 Å². The number of nitrogens with one attached hydrogen (secondary N) is 1. The summed E-state index contributed by atoms with van der Waals surface area (Å²) in [7, 11) is 0. The lowest BCUT2D eigenvalue weighted by Crippen LogP contribution is -2.15. The van der Waals surface area contributed by atoms with Crippen LogP contribution in [0.25, 0.3) is 0 Å². The first-order valence-corrected chi connectivity index (χ1v) is 5.90. The van der Waals surface area contributed by atoms with Crippen molar-refractivity contribution in [3.05, 3.63) is 53.5 Å². The van der Waals surface area contributed by atoms with Crippen LogP contribution in [0.15, 0.2) is 36.4 Å². The second-order valence-electron chi connectivity index (χ2n) is 3.99. The number of hydrogen-bond donors (Lipinski definition) is 1. The maximum absolute atomic E-state index is 12.0. The summed E-state index contributed by atoms with van der Waals surface area (Å²) in [5.41, 5.74) is 2.17. The molecule has 0 fully saturated rings. The van der Waals surface area contributed by atoms with Gasteiger partial charge in [-0.3, -0.25) is 4.79 Å². The molecule has 0 aliphatic carbocycles. The van der Waals surface area contributed by atoms with Gasteiger partial charge in [0.15, 0.2) is 0 Å². The van der Waals surface area contributed by atoms with Gasteiger partial charge in [-0.05, 0) is 37.6 Å². The van der Waals surface area contributed by atoms with Gasteiger partial charge in [-0.25, -0.2) is 9.97 Å². The highest BCUT2D eigenvalue weighted by molar-refractivity contribution is 6.02. The van der Waals surface area contributed by atoms with Crippen LogP contribution in [-0.4, -0.2) is 15.9 Å². The van der Waals surface area contributed by atoms with Gasteiger partial charge in [-0.15, -0.1) is 0 Å². The molecule has 1 amide bonds. The number of amides is 1. The molecule has 4 nitrogen and oxygen atoms in total. The van der Waals surface area contributed by atoms with Crippen LogP contribution in [0.1, 0.15) is 28.8 Å². The number of pyridine rings is 2. The topological polar surface area (TPSA) is 54.9 Å². The third kappa shape index (κ3) is 2.91. The van der Waals surface area contributed by atoms with E-state index in [1.807, 2.05) is 38.1 Å². The molecule has 0 bridgehead atoms. The van der Waals surface area contributed by atoms with E-state index in [9.17, 15) is 4.79 Å². The van der Waals surface area contributed by atoms with Crippen molar-refractivity contribution in [1.82, 2.24) is 9.97 Å². The van der Waals surface area contributed by atoms with Crippen LogP contribution in [0.4, 0.5) is 5.82 Å². The van der Waals surface area contributed by atoms with Crippen LogP contribution in [0.5, 0.6) is 0 Å². The van der Waals surface area contributed by atoms with Crippen molar-refractivity contribution < 1.29 is 4.79 Å². The molecule has 0 aliphatic heterocycles. The summed E-state index contributed by atoms with van der Waals surface area (Å²) in [6.07, 6.45) is 0.840. The van der Waals surface area contributed by atoms with E-state index in [0.717, 1.165) is 17.8 Å². The summed E-state index contributed by atoms with van der Waals surface area (Å²) in [4.78, 5) is 20.4. The van der Waals surface area contributed by atoms with Crippen molar-refractivity contribution in [2.45, 2.75) is 20.3 Å². The molecule has 92 valence electrons. The molecule has 2 heterocycles. The first-order valence-electron chi connectivity index (χ1n) is 5.90. The predicted octanol–water partition coefficient (Wildman–Crippen LogP) is 2.60. The molecular formula is C14H15N3O. The van der Waals surface area contributed by atoms with Crippen molar-refractivity contribution >= 4 is 11.7 Å². The molecule has 2 rings (SSSR count). The van der Waals surface area contributed by atoms with Gasteiger partial charge in [0.05, 0.1) is 0 Å². The zero-order valence-corrected chi connectivity index (χ0v) is 10.5. The molecule has 0 atom stereocenters. The third-order valence-electron chi connectivity index (χ3n) is 2.53. The third-order valence-corrected chi connectivity index (χ3v) is 2.53. The van der Waals surface area contributed by atoms with Crippen molar-refractivity contribution in [2.75, 3.05) is 5.32 Å². The normalized spacial score (nSPS) is 10.1. The van der Waals surface area contributed by atoms with E-state index in [-0.39, 0.29) is 5.91 Å². The molecule has 4 heteroatoms. The average Bonchev–Trinajstić information content (AvgIpc) is 2.39. The number of aryl methyl sites for hydroxylation is 2. The van der Waals surface area contributed by atoms with Crippen molar-refractivity contribution in [2.24, 2.45) is 0 Å². The largest absolute Gasteiger partial charge is 0.305 e. The Balaban J connectivity index is 2.16. The number of anilines is 1. The van der Waals surface area contributed by atoms with Crippen LogP contribution in [0, 0.1) is 6.92 Å². The lowest BCUT2D eigenvalue weighted by Gasteiger charge is -2.05. The minimum absolute atomic E-state index is 0.237. The highest BCUT2D eigenvalue weighted by Crippen LogP contribution is 2.07. The van der Waals surface area contributed by atoms with E-state index >= 15 is 0 Å². The van der Waals surface area contributed by atoms with Crippen LogP contribution in [0.3, 0.4) is 0 Å². The van der Waals surface area contributed by atoms with Gasteiger partial charge in [-0.2, -0.15) is 0 Å². The molecule has 2 aromatic heterocycles. The molecule has 18 heavy (non-hydrogen) atoms. The zero-order valence-electron chi connectivity index (χ0n) is 10.5. The first kappa shape index (κ1) is 12.2. The number of aromatic nitrogens is 2. The van der Waals surface area contributed by atoms with Crippen LogP contribution in [0.2, 0.25) is 0 Å². The number of nitrogens with zero attached hydrogens (tertiary/aromatic N) is 2. The molecule has 0 saturated carbocycles. The van der Waals surface area contributed by atoms with E-state index in [4.69, 9.17) is 0 Å². The Morgan fingerprint density at radius 1 is 1.17 bits per heavy atom. The Morgan fingerprint density at radius 2 is 1.94 bits per heavy atom. The standard InChI is InChI=1S/C14H15N3O/c1-3-11-7-5-9-13(16-11)17-14(18)12-8-4-6-10(2)15-12/h4-9H,3H2,1-2H3,(H,16,17,18). The van der Waals surface area contributed by atoms with Gasteiger partial charge >= 0.3 is 0 Å². The molecule has 2 aromatic rings. The summed E-state index contributed by atoms with van der Waals surface area (Å²) in [6, 6.07) is 10.9. The molecule has 0 saturated heterocycles. The summed E-state index contributed by atoms with van der Waals surface area (Å²) >= 11 is 0. The van der Waals surface area contributed by atoms with E-state index in [1.54, 1.807) is 12.1 Å². The van der Waals surface area contributed by atoms with Crippen LogP contribution in [-0.2, 0) is 6.42 Å². The van der Waals surface area contributed by atoms with Gasteiger partial charge in [0, 0.05) is 11.4 Å². The summed E-state index contributed by atoms with van der Waals surface area (Å²) < 4.78 is 0. The van der Waals surface area contributed by atoms with Crippen LogP contribution < -0.4 is 5.32 Å². The van der Waals surface area contributed by atoms with Crippen molar-refractivity contribution in [1.29, 1.82) is 0 Å². The van der Waals surface area contributed by atoms with E-state index < -0.39 is 0 Å². The summed E-state index contributed by atoms with van der Waals surface area (Å²) in [5.74, 6) is 0.321. The van der Waals surface area contributed by atoms with E-state index in [2.05, 4.69) is 15.3 Å². The first-order chi connectivity index (χ1) is 8.69. The number of hydrogen-bond acceptors (Lipinski definition) is 3. The van der Waals surface area contributed by atoms with Crippen molar-refractivity contribution in [3.63, 3.8) is 0 Å². The Bertz CT molecular complexity index is 566. The fourth-order valence-electron chi connectivity index (χ4n) is 1.60. The highest BCUT2D eigenvalue weighted by atomic mass is 16.1. The molecular weight excluding hydrogens is 226 g/mol. The van der Waals surface area contributed by atoms with Gasteiger partial charge < -0.3 is 5.32 Å². The fourth-order valence-corrected chi connectivity index (χ4v) is 1.60. The summed E-state index contributed by atoms with van der Waals surface area (Å²) in [5, 5.41) is 2.75. The van der Waals surface area contributed by atoms with E-state index in [1.165, 1.54) is 0 Å². The zero-order chi connectivity index (χ0) is 13.0. The number of carbonyl (C=O) groups excluding carboxylic acids is 1. The number of rotatable bonds is 3. The Labute approximate surface area is 106 Å². The maximum atomic E-state index is 12.0. The second kappa shape index (κ2) is 5.40. The molecule has 0 unspecified atom stereocenters. The minimum Gasteiger partial charge on any atom is -0.305 e. The Hall–Kier alpha value is -2.23. The smallest absolute Gasteiger partial charge is 0.275 e. The lowest BCUT2D eigenvalue weighted by atomic mass is 10.3.